The first-order valence-corrected chi connectivity index (χ1v) is 6.69. The molecular formula is C12H19N7. The SMILES string of the molecule is NCC1CCCN(c2n[nH]c(Cn3cccn3)n2)C1. The van der Waals surface area contributed by atoms with Gasteiger partial charge in [-0.1, -0.05) is 0 Å². The van der Waals surface area contributed by atoms with Crippen LogP contribution in [0, 0.1) is 5.92 Å². The predicted molar refractivity (Wildman–Crippen MR) is 71.7 cm³/mol. The lowest BCUT2D eigenvalue weighted by Crippen LogP contribution is -2.39. The fourth-order valence-corrected chi connectivity index (χ4v) is 2.48. The lowest BCUT2D eigenvalue weighted by molar-refractivity contribution is 0.419. The van der Waals surface area contributed by atoms with E-state index in [-0.39, 0.29) is 0 Å². The van der Waals surface area contributed by atoms with Gasteiger partial charge in [0, 0.05) is 25.5 Å². The molecule has 2 aromatic heterocycles. The number of nitrogens with zero attached hydrogens (tertiary/aromatic N) is 5. The molecule has 1 aliphatic heterocycles. The first-order valence-electron chi connectivity index (χ1n) is 6.69. The Morgan fingerprint density at radius 2 is 2.42 bits per heavy atom. The smallest absolute Gasteiger partial charge is 0.244 e. The van der Waals surface area contributed by atoms with Gasteiger partial charge in [-0.3, -0.25) is 9.78 Å². The van der Waals surface area contributed by atoms with Gasteiger partial charge < -0.3 is 10.6 Å². The lowest BCUT2D eigenvalue weighted by atomic mass is 9.99. The maximum Gasteiger partial charge on any atom is 0.244 e. The predicted octanol–water partition coefficient (Wildman–Crippen LogP) is 0.225. The fraction of sp³-hybridized carbons (Fsp3) is 0.583. The van der Waals surface area contributed by atoms with Crippen LogP contribution in [-0.4, -0.2) is 44.6 Å². The summed E-state index contributed by atoms with van der Waals surface area (Å²) in [7, 11) is 0. The van der Waals surface area contributed by atoms with Crippen LogP contribution >= 0.6 is 0 Å². The molecule has 0 bridgehead atoms. The van der Waals surface area contributed by atoms with E-state index in [2.05, 4.69) is 25.2 Å². The van der Waals surface area contributed by atoms with Crippen molar-refractivity contribution in [3.05, 3.63) is 24.3 Å². The summed E-state index contributed by atoms with van der Waals surface area (Å²) < 4.78 is 1.82. The second kappa shape index (κ2) is 5.40. The highest BCUT2D eigenvalue weighted by atomic mass is 15.4. The van der Waals surface area contributed by atoms with Crippen LogP contribution in [-0.2, 0) is 6.54 Å². The van der Waals surface area contributed by atoms with Crippen LogP contribution in [0.3, 0.4) is 0 Å². The van der Waals surface area contributed by atoms with Crippen molar-refractivity contribution in [1.29, 1.82) is 0 Å². The van der Waals surface area contributed by atoms with Gasteiger partial charge in [-0.15, -0.1) is 5.10 Å². The average molecular weight is 261 g/mol. The Bertz CT molecular complexity index is 504. The van der Waals surface area contributed by atoms with Gasteiger partial charge in [0.05, 0.1) is 0 Å². The molecular weight excluding hydrogens is 242 g/mol. The van der Waals surface area contributed by atoms with Crippen LogP contribution in [0.2, 0.25) is 0 Å². The van der Waals surface area contributed by atoms with Crippen molar-refractivity contribution in [2.75, 3.05) is 24.5 Å². The van der Waals surface area contributed by atoms with Crippen LogP contribution in [0.4, 0.5) is 5.95 Å². The number of hydrogen-bond donors (Lipinski definition) is 2. The number of piperidine rings is 1. The quantitative estimate of drug-likeness (QED) is 0.822. The minimum Gasteiger partial charge on any atom is -0.339 e. The van der Waals surface area contributed by atoms with Gasteiger partial charge in [-0.05, 0) is 31.4 Å². The number of aromatic nitrogens is 5. The number of hydrogen-bond acceptors (Lipinski definition) is 5. The van der Waals surface area contributed by atoms with Gasteiger partial charge in [-0.2, -0.15) is 10.1 Å². The molecule has 3 rings (SSSR count). The van der Waals surface area contributed by atoms with Crippen LogP contribution in [0.25, 0.3) is 0 Å². The number of anilines is 1. The van der Waals surface area contributed by atoms with Gasteiger partial charge in [0.1, 0.15) is 12.4 Å². The summed E-state index contributed by atoms with van der Waals surface area (Å²) in [5.41, 5.74) is 5.75. The van der Waals surface area contributed by atoms with E-state index in [1.807, 2.05) is 16.9 Å². The van der Waals surface area contributed by atoms with Gasteiger partial charge >= 0.3 is 0 Å². The summed E-state index contributed by atoms with van der Waals surface area (Å²) in [5, 5.41) is 11.4. The van der Waals surface area contributed by atoms with Gasteiger partial charge in [0.15, 0.2) is 0 Å². The monoisotopic (exact) mass is 261 g/mol. The summed E-state index contributed by atoms with van der Waals surface area (Å²) in [6.45, 7) is 3.32. The normalized spacial score (nSPS) is 19.8. The molecule has 7 heteroatoms. The molecule has 1 aliphatic rings. The maximum atomic E-state index is 5.75. The summed E-state index contributed by atoms with van der Waals surface area (Å²) >= 11 is 0. The first-order chi connectivity index (χ1) is 9.35. The van der Waals surface area contributed by atoms with E-state index in [1.165, 1.54) is 6.42 Å². The molecule has 0 spiro atoms. The minimum absolute atomic E-state index is 0.557. The zero-order valence-electron chi connectivity index (χ0n) is 10.9. The third-order valence-corrected chi connectivity index (χ3v) is 3.53. The molecule has 7 nitrogen and oxygen atoms in total. The maximum absolute atomic E-state index is 5.75. The molecule has 0 saturated carbocycles. The van der Waals surface area contributed by atoms with Crippen LogP contribution in [0.5, 0.6) is 0 Å². The Morgan fingerprint density at radius 1 is 1.47 bits per heavy atom. The van der Waals surface area contributed by atoms with Crippen molar-refractivity contribution >= 4 is 5.95 Å². The lowest BCUT2D eigenvalue weighted by Gasteiger charge is -2.31. The highest BCUT2D eigenvalue weighted by Crippen LogP contribution is 2.19. The first kappa shape index (κ1) is 12.2. The molecule has 102 valence electrons. The van der Waals surface area contributed by atoms with Crippen molar-refractivity contribution in [2.24, 2.45) is 11.7 Å². The Morgan fingerprint density at radius 3 is 3.21 bits per heavy atom. The van der Waals surface area contributed by atoms with Gasteiger partial charge in [0.2, 0.25) is 5.95 Å². The summed E-state index contributed by atoms with van der Waals surface area (Å²) in [4.78, 5) is 6.75. The zero-order valence-corrected chi connectivity index (χ0v) is 10.9. The number of H-pyrrole nitrogens is 1. The largest absolute Gasteiger partial charge is 0.339 e. The van der Waals surface area contributed by atoms with E-state index >= 15 is 0 Å². The molecule has 1 unspecified atom stereocenters. The second-order valence-electron chi connectivity index (χ2n) is 4.98. The number of nitrogens with one attached hydrogen (secondary N) is 1. The van der Waals surface area contributed by atoms with Crippen LogP contribution < -0.4 is 10.6 Å². The third-order valence-electron chi connectivity index (χ3n) is 3.53. The van der Waals surface area contributed by atoms with Crippen molar-refractivity contribution in [3.63, 3.8) is 0 Å². The van der Waals surface area contributed by atoms with Gasteiger partial charge in [0.25, 0.3) is 0 Å². The molecule has 1 fully saturated rings. The molecule has 19 heavy (non-hydrogen) atoms. The van der Waals surface area contributed by atoms with Crippen LogP contribution in [0.15, 0.2) is 18.5 Å². The molecule has 1 atom stereocenters. The molecule has 0 radical (unpaired) electrons. The Balaban J connectivity index is 1.67. The Kier molecular flexibility index (Phi) is 3.45. The van der Waals surface area contributed by atoms with Crippen molar-refractivity contribution in [2.45, 2.75) is 19.4 Å². The highest BCUT2D eigenvalue weighted by molar-refractivity contribution is 5.29. The number of rotatable bonds is 4. The second-order valence-corrected chi connectivity index (χ2v) is 4.98. The molecule has 3 heterocycles. The van der Waals surface area contributed by atoms with Crippen molar-refractivity contribution in [1.82, 2.24) is 25.0 Å². The molecule has 3 N–H and O–H groups in total. The molecule has 2 aromatic rings. The molecule has 0 amide bonds. The topological polar surface area (TPSA) is 88.6 Å². The Labute approximate surface area is 111 Å². The van der Waals surface area contributed by atoms with E-state index in [4.69, 9.17) is 5.73 Å². The summed E-state index contributed by atoms with van der Waals surface area (Å²) in [6, 6.07) is 1.90. The third kappa shape index (κ3) is 2.76. The van der Waals surface area contributed by atoms with Crippen LogP contribution in [0.1, 0.15) is 18.7 Å². The van der Waals surface area contributed by atoms with Crippen molar-refractivity contribution in [3.8, 4) is 0 Å². The van der Waals surface area contributed by atoms with E-state index in [0.29, 0.717) is 12.5 Å². The standard InChI is InChI=1S/C12H19N7/c13-7-10-3-1-5-18(8-10)12-15-11(16-17-12)9-19-6-2-4-14-19/h2,4,6,10H,1,3,5,7-9,13H2,(H,15,16,17). The minimum atomic E-state index is 0.557. The number of nitrogens with two attached hydrogens (primary N) is 1. The highest BCUT2D eigenvalue weighted by Gasteiger charge is 2.21. The van der Waals surface area contributed by atoms with E-state index in [0.717, 1.165) is 37.8 Å². The Hall–Kier alpha value is -1.89. The number of aromatic amines is 1. The van der Waals surface area contributed by atoms with E-state index < -0.39 is 0 Å². The average Bonchev–Trinajstić information content (AvgIpc) is 3.11. The van der Waals surface area contributed by atoms with Gasteiger partial charge in [-0.25, -0.2) is 0 Å². The zero-order chi connectivity index (χ0) is 13.1. The van der Waals surface area contributed by atoms with Crippen molar-refractivity contribution < 1.29 is 0 Å². The summed E-state index contributed by atoms with van der Waals surface area (Å²) in [6.07, 6.45) is 6.03. The fourth-order valence-electron chi connectivity index (χ4n) is 2.48. The molecule has 1 saturated heterocycles. The molecule has 0 aliphatic carbocycles. The van der Waals surface area contributed by atoms with E-state index in [1.54, 1.807) is 6.20 Å². The summed E-state index contributed by atoms with van der Waals surface area (Å²) in [5.74, 6) is 2.16. The van der Waals surface area contributed by atoms with E-state index in [9.17, 15) is 0 Å². The molecule has 0 aromatic carbocycles.